The summed E-state index contributed by atoms with van der Waals surface area (Å²) in [5.41, 5.74) is 4.86. The number of amides is 1. The number of aromatic nitrogens is 2. The number of carbonyl (C=O) groups is 1. The number of carbonyl (C=O) groups excluding carboxylic acids is 1. The van der Waals surface area contributed by atoms with E-state index < -0.39 is 16.5 Å². The molecule has 1 aromatic carbocycles. The molecule has 0 unspecified atom stereocenters. The van der Waals surface area contributed by atoms with Gasteiger partial charge in [0.1, 0.15) is 6.20 Å². The number of rotatable bonds is 3. The standard InChI is InChI=1S/C10H7BrN4O3/c11-6-1-3-7(4-2-6)14-5-8(15(17)18)9(13-14)10(12)16/h1-5H,(H2,12,16). The first kappa shape index (κ1) is 12.2. The summed E-state index contributed by atoms with van der Waals surface area (Å²) in [6.45, 7) is 0. The van der Waals surface area contributed by atoms with Crippen LogP contribution in [0.1, 0.15) is 10.5 Å². The van der Waals surface area contributed by atoms with Crippen LogP contribution in [0.15, 0.2) is 34.9 Å². The van der Waals surface area contributed by atoms with Crippen molar-refractivity contribution >= 4 is 27.5 Å². The summed E-state index contributed by atoms with van der Waals surface area (Å²) in [7, 11) is 0. The summed E-state index contributed by atoms with van der Waals surface area (Å²) in [4.78, 5) is 21.1. The van der Waals surface area contributed by atoms with E-state index in [1.54, 1.807) is 24.3 Å². The van der Waals surface area contributed by atoms with Gasteiger partial charge in [-0.1, -0.05) is 15.9 Å². The van der Waals surface area contributed by atoms with Gasteiger partial charge in [0.2, 0.25) is 5.69 Å². The lowest BCUT2D eigenvalue weighted by Gasteiger charge is -1.99. The highest BCUT2D eigenvalue weighted by Gasteiger charge is 2.23. The van der Waals surface area contributed by atoms with E-state index in [0.29, 0.717) is 5.69 Å². The molecule has 0 spiro atoms. The maximum atomic E-state index is 11.1. The topological polar surface area (TPSA) is 104 Å². The van der Waals surface area contributed by atoms with Gasteiger partial charge in [-0.05, 0) is 24.3 Å². The predicted octanol–water partition coefficient (Wildman–Crippen LogP) is 1.64. The minimum absolute atomic E-state index is 0.358. The van der Waals surface area contributed by atoms with Gasteiger partial charge in [0.15, 0.2) is 0 Å². The van der Waals surface area contributed by atoms with Crippen LogP contribution < -0.4 is 5.73 Å². The molecule has 1 heterocycles. The van der Waals surface area contributed by atoms with Gasteiger partial charge in [-0.2, -0.15) is 5.10 Å². The Bertz CT molecular complexity index is 589. The molecule has 18 heavy (non-hydrogen) atoms. The molecule has 2 aromatic rings. The average Bonchev–Trinajstić information content (AvgIpc) is 2.75. The van der Waals surface area contributed by atoms with E-state index in [1.807, 2.05) is 0 Å². The molecule has 0 atom stereocenters. The highest BCUT2D eigenvalue weighted by Crippen LogP contribution is 2.20. The number of hydrogen-bond donors (Lipinski definition) is 1. The van der Waals surface area contributed by atoms with Crippen LogP contribution in [0.25, 0.3) is 5.69 Å². The van der Waals surface area contributed by atoms with Gasteiger partial charge in [-0.15, -0.1) is 0 Å². The Morgan fingerprint density at radius 2 is 2.00 bits per heavy atom. The van der Waals surface area contributed by atoms with E-state index in [1.165, 1.54) is 4.68 Å². The van der Waals surface area contributed by atoms with Crippen molar-refractivity contribution in [2.75, 3.05) is 0 Å². The molecule has 0 radical (unpaired) electrons. The van der Waals surface area contributed by atoms with Gasteiger partial charge in [-0.25, -0.2) is 4.68 Å². The Morgan fingerprint density at radius 1 is 1.39 bits per heavy atom. The van der Waals surface area contributed by atoms with E-state index in [9.17, 15) is 14.9 Å². The first-order valence-electron chi connectivity index (χ1n) is 4.79. The Kier molecular flexibility index (Phi) is 3.11. The van der Waals surface area contributed by atoms with Gasteiger partial charge in [0, 0.05) is 4.47 Å². The molecule has 0 fully saturated rings. The van der Waals surface area contributed by atoms with Crippen LogP contribution in [0, 0.1) is 10.1 Å². The van der Waals surface area contributed by atoms with Gasteiger partial charge < -0.3 is 5.73 Å². The maximum absolute atomic E-state index is 11.1. The fourth-order valence-electron chi connectivity index (χ4n) is 1.40. The van der Waals surface area contributed by atoms with Crippen molar-refractivity contribution in [3.8, 4) is 5.69 Å². The molecule has 0 aliphatic heterocycles. The van der Waals surface area contributed by atoms with E-state index in [2.05, 4.69) is 21.0 Å². The van der Waals surface area contributed by atoms with Crippen molar-refractivity contribution in [3.63, 3.8) is 0 Å². The zero-order valence-corrected chi connectivity index (χ0v) is 10.5. The smallest absolute Gasteiger partial charge is 0.320 e. The summed E-state index contributed by atoms with van der Waals surface area (Å²) in [6, 6.07) is 6.91. The maximum Gasteiger partial charge on any atom is 0.320 e. The molecular weight excluding hydrogens is 304 g/mol. The molecular formula is C10H7BrN4O3. The van der Waals surface area contributed by atoms with Gasteiger partial charge in [0.05, 0.1) is 10.6 Å². The second-order valence-corrected chi connectivity index (χ2v) is 4.32. The summed E-state index contributed by atoms with van der Waals surface area (Å²) < 4.78 is 2.10. The number of benzene rings is 1. The summed E-state index contributed by atoms with van der Waals surface area (Å²) in [5, 5.41) is 14.6. The Balaban J connectivity index is 2.53. The first-order valence-corrected chi connectivity index (χ1v) is 5.58. The second kappa shape index (κ2) is 4.57. The Hall–Kier alpha value is -2.22. The van der Waals surface area contributed by atoms with E-state index >= 15 is 0 Å². The monoisotopic (exact) mass is 310 g/mol. The Labute approximate surface area is 109 Å². The number of nitrogens with zero attached hydrogens (tertiary/aromatic N) is 3. The quantitative estimate of drug-likeness (QED) is 0.687. The minimum atomic E-state index is -0.933. The molecule has 0 aliphatic rings. The number of halogens is 1. The van der Waals surface area contributed by atoms with Crippen LogP contribution in [-0.4, -0.2) is 20.6 Å². The van der Waals surface area contributed by atoms with E-state index in [4.69, 9.17) is 5.73 Å². The summed E-state index contributed by atoms with van der Waals surface area (Å²) >= 11 is 3.27. The van der Waals surface area contributed by atoms with Crippen LogP contribution >= 0.6 is 15.9 Å². The van der Waals surface area contributed by atoms with Crippen LogP contribution in [0.4, 0.5) is 5.69 Å². The molecule has 1 aromatic heterocycles. The lowest BCUT2D eigenvalue weighted by molar-refractivity contribution is -0.385. The molecule has 2 N–H and O–H groups in total. The molecule has 0 saturated heterocycles. The highest BCUT2D eigenvalue weighted by atomic mass is 79.9. The molecule has 8 heteroatoms. The zero-order chi connectivity index (χ0) is 13.3. The fraction of sp³-hybridized carbons (Fsp3) is 0. The van der Waals surface area contributed by atoms with Crippen LogP contribution in [0.5, 0.6) is 0 Å². The van der Waals surface area contributed by atoms with E-state index in [-0.39, 0.29) is 5.69 Å². The number of hydrogen-bond acceptors (Lipinski definition) is 4. The van der Waals surface area contributed by atoms with Gasteiger partial charge in [-0.3, -0.25) is 14.9 Å². The van der Waals surface area contributed by atoms with Gasteiger partial charge >= 0.3 is 5.69 Å². The van der Waals surface area contributed by atoms with Gasteiger partial charge in [0.25, 0.3) is 5.91 Å². The highest BCUT2D eigenvalue weighted by molar-refractivity contribution is 9.10. The summed E-state index contributed by atoms with van der Waals surface area (Å²) in [6.07, 6.45) is 1.16. The van der Waals surface area contributed by atoms with Crippen LogP contribution in [0.3, 0.4) is 0 Å². The molecule has 92 valence electrons. The molecule has 1 amide bonds. The Morgan fingerprint density at radius 3 is 2.44 bits per heavy atom. The predicted molar refractivity (Wildman–Crippen MR) is 66.4 cm³/mol. The number of primary amides is 1. The normalized spacial score (nSPS) is 10.3. The lowest BCUT2D eigenvalue weighted by Crippen LogP contribution is -2.14. The van der Waals surface area contributed by atoms with Crippen LogP contribution in [0.2, 0.25) is 0 Å². The molecule has 0 aliphatic carbocycles. The van der Waals surface area contributed by atoms with Crippen molar-refractivity contribution in [1.82, 2.24) is 9.78 Å². The molecule has 0 bridgehead atoms. The SMILES string of the molecule is NC(=O)c1nn(-c2ccc(Br)cc2)cc1[N+](=O)[O-]. The lowest BCUT2D eigenvalue weighted by atomic mass is 10.3. The average molecular weight is 311 g/mol. The van der Waals surface area contributed by atoms with Crippen molar-refractivity contribution < 1.29 is 9.72 Å². The molecule has 0 saturated carbocycles. The number of nitro groups is 1. The fourth-order valence-corrected chi connectivity index (χ4v) is 1.66. The largest absolute Gasteiger partial charge is 0.364 e. The first-order chi connectivity index (χ1) is 8.49. The van der Waals surface area contributed by atoms with Crippen molar-refractivity contribution in [2.45, 2.75) is 0 Å². The van der Waals surface area contributed by atoms with Crippen LogP contribution in [-0.2, 0) is 0 Å². The third-order valence-electron chi connectivity index (χ3n) is 2.22. The molecule has 7 nitrogen and oxygen atoms in total. The molecule has 2 rings (SSSR count). The zero-order valence-electron chi connectivity index (χ0n) is 8.91. The third kappa shape index (κ3) is 2.23. The third-order valence-corrected chi connectivity index (χ3v) is 2.74. The minimum Gasteiger partial charge on any atom is -0.364 e. The van der Waals surface area contributed by atoms with Crippen molar-refractivity contribution in [2.24, 2.45) is 5.73 Å². The summed E-state index contributed by atoms with van der Waals surface area (Å²) in [5.74, 6) is -0.933. The van der Waals surface area contributed by atoms with Crippen molar-refractivity contribution in [3.05, 3.63) is 50.7 Å². The number of nitrogens with two attached hydrogens (primary N) is 1. The van der Waals surface area contributed by atoms with E-state index in [0.717, 1.165) is 10.7 Å². The van der Waals surface area contributed by atoms with Crippen molar-refractivity contribution in [1.29, 1.82) is 0 Å². The second-order valence-electron chi connectivity index (χ2n) is 3.41.